The van der Waals surface area contributed by atoms with Gasteiger partial charge in [0.15, 0.2) is 0 Å². The molecule has 1 aliphatic heterocycles. The van der Waals surface area contributed by atoms with Crippen molar-refractivity contribution in [1.82, 2.24) is 0 Å². The van der Waals surface area contributed by atoms with E-state index in [1.807, 2.05) is 0 Å². The second kappa shape index (κ2) is 8.70. The van der Waals surface area contributed by atoms with Crippen LogP contribution >= 0.6 is 11.8 Å². The summed E-state index contributed by atoms with van der Waals surface area (Å²) in [7, 11) is 1.28. The summed E-state index contributed by atoms with van der Waals surface area (Å²) in [6.45, 7) is 1.24. The maximum absolute atomic E-state index is 11.9. The maximum Gasteiger partial charge on any atom is 0.338 e. The van der Waals surface area contributed by atoms with E-state index in [-0.39, 0.29) is 13.0 Å². The van der Waals surface area contributed by atoms with E-state index < -0.39 is 34.9 Å². The van der Waals surface area contributed by atoms with Gasteiger partial charge in [-0.05, 0) is 12.1 Å². The summed E-state index contributed by atoms with van der Waals surface area (Å²) in [5.41, 5.74) is -0.0974. The molecule has 3 unspecified atom stereocenters. The minimum Gasteiger partial charge on any atom is -0.469 e. The molecule has 1 heterocycles. The number of ether oxygens (including phenoxy) is 4. The largest absolute Gasteiger partial charge is 0.469 e. The van der Waals surface area contributed by atoms with Gasteiger partial charge in [-0.1, -0.05) is 18.2 Å². The Balaban J connectivity index is 1.90. The molecule has 1 fully saturated rings. The number of rotatable bonds is 6. The Morgan fingerprint density at radius 1 is 1.21 bits per heavy atom. The zero-order chi connectivity index (χ0) is 17.5. The predicted octanol–water partition coefficient (Wildman–Crippen LogP) is 1.75. The fraction of sp³-hybridized carbons (Fsp3) is 0.438. The van der Waals surface area contributed by atoms with Crippen molar-refractivity contribution in [1.29, 1.82) is 0 Å². The van der Waals surface area contributed by atoms with Gasteiger partial charge >= 0.3 is 17.9 Å². The summed E-state index contributed by atoms with van der Waals surface area (Å²) < 4.78 is 20.4. The molecule has 1 aromatic carbocycles. The minimum atomic E-state index is -0.882. The fourth-order valence-corrected chi connectivity index (χ4v) is 3.26. The normalized spacial score (nSPS) is 22.7. The zero-order valence-corrected chi connectivity index (χ0v) is 14.1. The third-order valence-corrected chi connectivity index (χ3v) is 4.44. The summed E-state index contributed by atoms with van der Waals surface area (Å²) in [4.78, 5) is 34.5. The van der Waals surface area contributed by atoms with Crippen LogP contribution in [0.2, 0.25) is 0 Å². The molecule has 0 spiro atoms. The first-order valence-electron chi connectivity index (χ1n) is 7.26. The van der Waals surface area contributed by atoms with Crippen molar-refractivity contribution in [2.24, 2.45) is 0 Å². The van der Waals surface area contributed by atoms with Gasteiger partial charge in [0.2, 0.25) is 6.29 Å². The van der Waals surface area contributed by atoms with E-state index in [1.165, 1.54) is 25.8 Å². The molecule has 3 atom stereocenters. The smallest absolute Gasteiger partial charge is 0.338 e. The number of benzene rings is 1. The monoisotopic (exact) mass is 354 g/mol. The van der Waals surface area contributed by atoms with E-state index in [2.05, 4.69) is 4.74 Å². The number of carbonyl (C=O) groups is 3. The molecule has 2 rings (SSSR count). The summed E-state index contributed by atoms with van der Waals surface area (Å²) in [5.74, 6) is -1.42. The third-order valence-electron chi connectivity index (χ3n) is 3.15. The van der Waals surface area contributed by atoms with Crippen LogP contribution in [0.25, 0.3) is 0 Å². The first-order chi connectivity index (χ1) is 11.5. The maximum atomic E-state index is 11.9. The molecular weight excluding hydrogens is 336 g/mol. The molecule has 0 saturated carbocycles. The summed E-state index contributed by atoms with van der Waals surface area (Å²) in [6, 6.07) is 8.56. The van der Waals surface area contributed by atoms with Crippen molar-refractivity contribution < 1.29 is 33.3 Å². The number of thioether (sulfide) groups is 1. The molecule has 24 heavy (non-hydrogen) atoms. The number of hydrogen-bond donors (Lipinski definition) is 0. The molecule has 0 amide bonds. The lowest BCUT2D eigenvalue weighted by molar-refractivity contribution is -0.178. The standard InChI is InChI=1S/C16H18O7S/c1-10(17)22-16-12(8-13(18)20-2)24-14(23-16)9-21-15(19)11-6-4-3-5-7-11/h3-7,12,14,16H,8-9H2,1-2H3. The highest BCUT2D eigenvalue weighted by Crippen LogP contribution is 2.36. The quantitative estimate of drug-likeness (QED) is 0.564. The minimum absolute atomic E-state index is 0.0200. The molecule has 0 aromatic heterocycles. The van der Waals surface area contributed by atoms with Gasteiger partial charge in [-0.25, -0.2) is 4.79 Å². The van der Waals surface area contributed by atoms with Crippen molar-refractivity contribution in [3.8, 4) is 0 Å². The van der Waals surface area contributed by atoms with E-state index in [0.29, 0.717) is 5.56 Å². The summed E-state index contributed by atoms with van der Waals surface area (Å²) in [5, 5.41) is -0.415. The predicted molar refractivity (Wildman–Crippen MR) is 85.2 cm³/mol. The molecule has 7 nitrogen and oxygen atoms in total. The highest BCUT2D eigenvalue weighted by Gasteiger charge is 2.40. The van der Waals surface area contributed by atoms with Gasteiger partial charge in [0.25, 0.3) is 0 Å². The van der Waals surface area contributed by atoms with Crippen LogP contribution in [0, 0.1) is 0 Å². The van der Waals surface area contributed by atoms with Gasteiger partial charge in [-0.3, -0.25) is 9.59 Å². The van der Waals surface area contributed by atoms with Gasteiger partial charge in [0.1, 0.15) is 12.0 Å². The van der Waals surface area contributed by atoms with Gasteiger partial charge < -0.3 is 18.9 Å². The lowest BCUT2D eigenvalue weighted by atomic mass is 10.2. The Morgan fingerprint density at radius 2 is 1.92 bits per heavy atom. The van der Waals surface area contributed by atoms with Crippen LogP contribution in [0.4, 0.5) is 0 Å². The average Bonchev–Trinajstić information content (AvgIpc) is 2.94. The second-order valence-corrected chi connectivity index (χ2v) is 6.37. The number of methoxy groups -OCH3 is 1. The van der Waals surface area contributed by atoms with Crippen LogP contribution in [0.5, 0.6) is 0 Å². The van der Waals surface area contributed by atoms with Crippen LogP contribution in [0.1, 0.15) is 23.7 Å². The van der Waals surface area contributed by atoms with E-state index in [1.54, 1.807) is 30.3 Å². The van der Waals surface area contributed by atoms with Crippen LogP contribution in [0.15, 0.2) is 30.3 Å². The second-order valence-electron chi connectivity index (χ2n) is 4.96. The van der Waals surface area contributed by atoms with E-state index >= 15 is 0 Å². The molecule has 8 heteroatoms. The van der Waals surface area contributed by atoms with Gasteiger partial charge in [-0.15, -0.1) is 11.8 Å². The van der Waals surface area contributed by atoms with Gasteiger partial charge in [0, 0.05) is 6.92 Å². The zero-order valence-electron chi connectivity index (χ0n) is 13.3. The molecule has 0 radical (unpaired) electrons. The van der Waals surface area contributed by atoms with Crippen LogP contribution < -0.4 is 0 Å². The Kier molecular flexibility index (Phi) is 6.62. The van der Waals surface area contributed by atoms with E-state index in [0.717, 1.165) is 0 Å². The Bertz CT molecular complexity index is 589. The van der Waals surface area contributed by atoms with Crippen LogP contribution in [-0.4, -0.2) is 48.6 Å². The Labute approximate surface area is 143 Å². The molecule has 0 bridgehead atoms. The molecule has 0 N–H and O–H groups in total. The highest BCUT2D eigenvalue weighted by molar-refractivity contribution is 8.00. The summed E-state index contributed by atoms with van der Waals surface area (Å²) >= 11 is 1.26. The lowest BCUT2D eigenvalue weighted by Crippen LogP contribution is -2.28. The topological polar surface area (TPSA) is 88.1 Å². The molecule has 0 aliphatic carbocycles. The van der Waals surface area contributed by atoms with E-state index in [9.17, 15) is 14.4 Å². The van der Waals surface area contributed by atoms with Crippen molar-refractivity contribution in [3.63, 3.8) is 0 Å². The number of carbonyl (C=O) groups excluding carboxylic acids is 3. The third kappa shape index (κ3) is 5.24. The molecule has 130 valence electrons. The van der Waals surface area contributed by atoms with Gasteiger partial charge in [0.05, 0.1) is 24.3 Å². The number of esters is 3. The Hall–Kier alpha value is -2.06. The van der Waals surface area contributed by atoms with Crippen LogP contribution in [0.3, 0.4) is 0 Å². The molecule has 1 saturated heterocycles. The average molecular weight is 354 g/mol. The molecule has 1 aliphatic rings. The SMILES string of the molecule is COC(=O)CC1SC(COC(=O)c2ccccc2)OC1OC(C)=O. The lowest BCUT2D eigenvalue weighted by Gasteiger charge is -2.16. The van der Waals surface area contributed by atoms with Crippen molar-refractivity contribution in [3.05, 3.63) is 35.9 Å². The first kappa shape index (κ1) is 18.3. The molecule has 1 aromatic rings. The number of hydrogen-bond acceptors (Lipinski definition) is 8. The Morgan fingerprint density at radius 3 is 2.54 bits per heavy atom. The summed E-state index contributed by atoms with van der Waals surface area (Å²) in [6.07, 6.45) is -0.852. The molecular formula is C16H18O7S. The fourth-order valence-electron chi connectivity index (χ4n) is 2.07. The highest BCUT2D eigenvalue weighted by atomic mass is 32.2. The van der Waals surface area contributed by atoms with E-state index in [4.69, 9.17) is 14.2 Å². The van der Waals surface area contributed by atoms with Crippen molar-refractivity contribution in [2.75, 3.05) is 13.7 Å². The van der Waals surface area contributed by atoms with Crippen molar-refractivity contribution >= 4 is 29.7 Å². The first-order valence-corrected chi connectivity index (χ1v) is 8.21. The van der Waals surface area contributed by atoms with Gasteiger partial charge in [-0.2, -0.15) is 0 Å². The van der Waals surface area contributed by atoms with Crippen LogP contribution in [-0.2, 0) is 28.5 Å². The van der Waals surface area contributed by atoms with Crippen molar-refractivity contribution in [2.45, 2.75) is 30.3 Å².